The van der Waals surface area contributed by atoms with Gasteiger partial charge in [-0.25, -0.2) is 4.79 Å². The Hall–Kier alpha value is -2.11. The molecule has 1 aromatic carbocycles. The predicted molar refractivity (Wildman–Crippen MR) is 53.2 cm³/mol. The summed E-state index contributed by atoms with van der Waals surface area (Å²) in [7, 11) is 0. The molecule has 79 valence electrons. The maximum atomic E-state index is 10.9. The lowest BCUT2D eigenvalue weighted by Crippen LogP contribution is -2.11. The van der Waals surface area contributed by atoms with E-state index in [1.165, 1.54) is 30.9 Å². The van der Waals surface area contributed by atoms with E-state index in [9.17, 15) is 14.9 Å². The van der Waals surface area contributed by atoms with Crippen molar-refractivity contribution < 1.29 is 14.5 Å². The van der Waals surface area contributed by atoms with Gasteiger partial charge in [0.05, 0.1) is 4.92 Å². The zero-order valence-electron chi connectivity index (χ0n) is 7.97. The molecule has 6 heteroatoms. The monoisotopic (exact) mass is 209 g/mol. The largest absolute Gasteiger partial charge is 0.442 e. The van der Waals surface area contributed by atoms with E-state index < -0.39 is 11.0 Å². The van der Waals surface area contributed by atoms with Crippen molar-refractivity contribution >= 4 is 17.5 Å². The zero-order valence-corrected chi connectivity index (χ0v) is 7.97. The van der Waals surface area contributed by atoms with Gasteiger partial charge in [-0.2, -0.15) is 0 Å². The Balaban J connectivity index is 2.64. The number of hydrogen-bond acceptors (Lipinski definition) is 4. The topological polar surface area (TPSA) is 81.5 Å². The fraction of sp³-hybridized carbons (Fsp3) is 0.111. The van der Waals surface area contributed by atoms with Gasteiger partial charge in [-0.05, 0) is 19.1 Å². The van der Waals surface area contributed by atoms with Crippen molar-refractivity contribution in [2.45, 2.75) is 6.92 Å². The van der Waals surface area contributed by atoms with E-state index in [-0.39, 0.29) is 5.69 Å². The molecule has 0 spiro atoms. The molecule has 1 radical (unpaired) electrons. The summed E-state index contributed by atoms with van der Waals surface area (Å²) in [5.74, 6) is 0. The molecule has 0 heterocycles. The minimum Gasteiger partial charge on any atom is -0.442 e. The van der Waals surface area contributed by atoms with Crippen LogP contribution in [-0.4, -0.2) is 11.0 Å². The Morgan fingerprint density at radius 3 is 2.53 bits per heavy atom. The first kappa shape index (κ1) is 11.0. The van der Waals surface area contributed by atoms with Crippen LogP contribution in [0.4, 0.5) is 16.2 Å². The summed E-state index contributed by atoms with van der Waals surface area (Å²) < 4.78 is 4.51. The van der Waals surface area contributed by atoms with Gasteiger partial charge < -0.3 is 4.74 Å². The number of ether oxygens (including phenoxy) is 1. The summed E-state index contributed by atoms with van der Waals surface area (Å²) >= 11 is 0. The van der Waals surface area contributed by atoms with Crippen molar-refractivity contribution in [3.63, 3.8) is 0 Å². The highest BCUT2D eigenvalue weighted by Crippen LogP contribution is 2.15. The van der Waals surface area contributed by atoms with E-state index in [4.69, 9.17) is 0 Å². The number of nitro groups is 1. The van der Waals surface area contributed by atoms with Crippen LogP contribution in [0.1, 0.15) is 6.92 Å². The summed E-state index contributed by atoms with van der Waals surface area (Å²) in [6.07, 6.45) is -0.633. The molecule has 0 unspecified atom stereocenters. The van der Waals surface area contributed by atoms with E-state index in [1.54, 1.807) is 6.92 Å². The van der Waals surface area contributed by atoms with Crippen molar-refractivity contribution in [3.8, 4) is 0 Å². The lowest BCUT2D eigenvalue weighted by atomic mass is 10.3. The third-order valence-electron chi connectivity index (χ3n) is 1.55. The normalized spacial score (nSPS) is 9.40. The maximum Gasteiger partial charge on any atom is 0.412 e. The molecular formula is C9H9N2O4. The van der Waals surface area contributed by atoms with E-state index in [0.717, 1.165) is 0 Å². The number of non-ortho nitro benzene ring substituents is 1. The van der Waals surface area contributed by atoms with Gasteiger partial charge in [0.15, 0.2) is 0 Å². The third-order valence-corrected chi connectivity index (χ3v) is 1.55. The number of carbonyl (C=O) groups excluding carboxylic acids is 1. The highest BCUT2D eigenvalue weighted by Gasteiger charge is 2.06. The fourth-order valence-corrected chi connectivity index (χ4v) is 0.921. The van der Waals surface area contributed by atoms with Crippen LogP contribution in [-0.2, 0) is 4.74 Å². The van der Waals surface area contributed by atoms with Gasteiger partial charge in [0.25, 0.3) is 5.69 Å². The second-order valence-electron chi connectivity index (χ2n) is 2.57. The van der Waals surface area contributed by atoms with Crippen LogP contribution in [0, 0.1) is 16.7 Å². The van der Waals surface area contributed by atoms with Crippen LogP contribution in [0.5, 0.6) is 0 Å². The zero-order chi connectivity index (χ0) is 11.3. The SMILES string of the molecule is C[CH]OC(=O)Nc1ccc([N+](=O)[O-])cc1. The molecule has 1 N–H and O–H groups in total. The van der Waals surface area contributed by atoms with Crippen molar-refractivity contribution in [2.75, 3.05) is 5.32 Å². The molecule has 0 aliphatic heterocycles. The molecule has 0 aromatic heterocycles. The minimum atomic E-state index is -0.633. The molecule has 0 atom stereocenters. The molecule has 1 rings (SSSR count). The number of amides is 1. The van der Waals surface area contributed by atoms with Crippen molar-refractivity contribution in [1.82, 2.24) is 0 Å². The van der Waals surface area contributed by atoms with E-state index in [0.29, 0.717) is 5.69 Å². The van der Waals surface area contributed by atoms with Crippen molar-refractivity contribution in [2.24, 2.45) is 0 Å². The first-order valence-electron chi connectivity index (χ1n) is 4.13. The Bertz CT molecular complexity index is 361. The first-order valence-corrected chi connectivity index (χ1v) is 4.13. The number of anilines is 1. The summed E-state index contributed by atoms with van der Waals surface area (Å²) in [6, 6.07) is 5.45. The molecule has 6 nitrogen and oxygen atoms in total. The van der Waals surface area contributed by atoms with Crippen LogP contribution in [0.2, 0.25) is 0 Å². The Kier molecular flexibility index (Phi) is 3.61. The molecule has 1 aromatic rings. The molecule has 0 saturated heterocycles. The molecule has 0 bridgehead atoms. The Morgan fingerprint density at radius 2 is 2.07 bits per heavy atom. The van der Waals surface area contributed by atoms with Gasteiger partial charge >= 0.3 is 6.09 Å². The number of benzene rings is 1. The highest BCUT2D eigenvalue weighted by molar-refractivity contribution is 5.84. The maximum absolute atomic E-state index is 10.9. The van der Waals surface area contributed by atoms with Gasteiger partial charge in [0.1, 0.15) is 6.61 Å². The average molecular weight is 209 g/mol. The first-order chi connectivity index (χ1) is 7.13. The van der Waals surface area contributed by atoms with E-state index in [1.807, 2.05) is 0 Å². The fourth-order valence-electron chi connectivity index (χ4n) is 0.921. The lowest BCUT2D eigenvalue weighted by Gasteiger charge is -2.03. The van der Waals surface area contributed by atoms with Gasteiger partial charge in [0.2, 0.25) is 0 Å². The second-order valence-corrected chi connectivity index (χ2v) is 2.57. The number of nitrogens with zero attached hydrogens (tertiary/aromatic N) is 1. The molecule has 1 amide bonds. The number of nitrogens with one attached hydrogen (secondary N) is 1. The third kappa shape index (κ3) is 3.26. The van der Waals surface area contributed by atoms with Gasteiger partial charge in [0, 0.05) is 17.8 Å². The van der Waals surface area contributed by atoms with Crippen LogP contribution < -0.4 is 5.32 Å². The Labute approximate surface area is 86.0 Å². The Morgan fingerprint density at radius 1 is 1.47 bits per heavy atom. The second kappa shape index (κ2) is 4.94. The van der Waals surface area contributed by atoms with E-state index in [2.05, 4.69) is 10.1 Å². The number of hydrogen-bond donors (Lipinski definition) is 1. The lowest BCUT2D eigenvalue weighted by molar-refractivity contribution is -0.384. The van der Waals surface area contributed by atoms with Gasteiger partial charge in [-0.3, -0.25) is 15.4 Å². The predicted octanol–water partition coefficient (Wildman–Crippen LogP) is 2.32. The van der Waals surface area contributed by atoms with E-state index >= 15 is 0 Å². The standard InChI is InChI=1S/C9H9N2O4/c1-2-15-9(12)10-7-3-5-8(6-4-7)11(13)14/h2-6H,1H3,(H,10,12). The van der Waals surface area contributed by atoms with Gasteiger partial charge in [-0.1, -0.05) is 0 Å². The summed E-state index contributed by atoms with van der Waals surface area (Å²) in [4.78, 5) is 20.7. The van der Waals surface area contributed by atoms with Crippen LogP contribution in [0.25, 0.3) is 0 Å². The smallest absolute Gasteiger partial charge is 0.412 e. The minimum absolute atomic E-state index is 0.0315. The molecule has 0 aliphatic rings. The molecule has 0 fully saturated rings. The molecule has 0 aliphatic carbocycles. The number of rotatable bonds is 3. The number of carbonyl (C=O) groups is 1. The molecular weight excluding hydrogens is 200 g/mol. The van der Waals surface area contributed by atoms with Crippen LogP contribution in [0.15, 0.2) is 24.3 Å². The summed E-state index contributed by atoms with van der Waals surface area (Å²) in [5, 5.41) is 12.7. The highest BCUT2D eigenvalue weighted by atomic mass is 16.6. The van der Waals surface area contributed by atoms with Crippen molar-refractivity contribution in [1.29, 1.82) is 0 Å². The summed E-state index contributed by atoms with van der Waals surface area (Å²) in [5.41, 5.74) is 0.406. The molecule has 15 heavy (non-hydrogen) atoms. The summed E-state index contributed by atoms with van der Waals surface area (Å²) in [6.45, 7) is 2.80. The molecule has 0 saturated carbocycles. The average Bonchev–Trinajstić information content (AvgIpc) is 2.18. The number of nitro benzene ring substituents is 1. The van der Waals surface area contributed by atoms with Gasteiger partial charge in [-0.15, -0.1) is 0 Å². The van der Waals surface area contributed by atoms with Crippen LogP contribution >= 0.6 is 0 Å². The quantitative estimate of drug-likeness (QED) is 0.611. The van der Waals surface area contributed by atoms with Crippen LogP contribution in [0.3, 0.4) is 0 Å². The van der Waals surface area contributed by atoms with Crippen molar-refractivity contribution in [3.05, 3.63) is 41.0 Å².